The van der Waals surface area contributed by atoms with Gasteiger partial charge in [0.15, 0.2) is 0 Å². The summed E-state index contributed by atoms with van der Waals surface area (Å²) in [6, 6.07) is 9.13. The summed E-state index contributed by atoms with van der Waals surface area (Å²) in [5.41, 5.74) is 3.49. The number of hydrazine groups is 1. The highest BCUT2D eigenvalue weighted by Gasteiger charge is 2.29. The van der Waals surface area contributed by atoms with Crippen LogP contribution >= 0.6 is 11.8 Å². The van der Waals surface area contributed by atoms with E-state index in [-0.39, 0.29) is 16.9 Å². The van der Waals surface area contributed by atoms with Crippen molar-refractivity contribution in [3.63, 3.8) is 0 Å². The normalized spacial score (nSPS) is 16.1. The predicted octanol–water partition coefficient (Wildman–Crippen LogP) is 1.71. The molecule has 1 N–H and O–H groups in total. The van der Waals surface area contributed by atoms with E-state index in [0.29, 0.717) is 0 Å². The summed E-state index contributed by atoms with van der Waals surface area (Å²) in [4.78, 5) is 22.4. The lowest BCUT2D eigenvalue weighted by atomic mass is 10.3. The first-order valence-electron chi connectivity index (χ1n) is 4.09. The number of hydrogen-bond donors (Lipinski definition) is 1. The quantitative estimate of drug-likeness (QED) is 0.803. The van der Waals surface area contributed by atoms with E-state index in [4.69, 9.17) is 0 Å². The van der Waals surface area contributed by atoms with Crippen molar-refractivity contribution in [3.8, 4) is 0 Å². The van der Waals surface area contributed by atoms with E-state index in [1.54, 1.807) is 12.1 Å². The van der Waals surface area contributed by atoms with Crippen molar-refractivity contribution < 1.29 is 9.59 Å². The van der Waals surface area contributed by atoms with Gasteiger partial charge in [-0.15, -0.1) is 0 Å². The Hall–Kier alpha value is -1.49. The molecule has 2 amide bonds. The molecule has 0 aromatic heterocycles. The molecule has 5 heteroatoms. The molecule has 1 aliphatic heterocycles. The molecule has 1 aliphatic rings. The van der Waals surface area contributed by atoms with Gasteiger partial charge < -0.3 is 0 Å². The number of carbonyl (C=O) groups is 2. The van der Waals surface area contributed by atoms with Crippen molar-refractivity contribution >= 4 is 28.6 Å². The summed E-state index contributed by atoms with van der Waals surface area (Å²) in [6.45, 7) is 0. The van der Waals surface area contributed by atoms with Gasteiger partial charge in [-0.1, -0.05) is 30.0 Å². The van der Waals surface area contributed by atoms with Crippen molar-refractivity contribution in [2.75, 3.05) is 11.2 Å². The number of hydrogen-bond acceptors (Lipinski definition) is 4. The molecule has 0 aliphatic carbocycles. The molecule has 1 fully saturated rings. The zero-order valence-electron chi connectivity index (χ0n) is 7.27. The molecular formula is C9H8N2O2S. The average molecular weight is 208 g/mol. The van der Waals surface area contributed by atoms with Crippen LogP contribution < -0.4 is 5.43 Å². The highest BCUT2D eigenvalue weighted by atomic mass is 32.2. The zero-order chi connectivity index (χ0) is 9.97. The summed E-state index contributed by atoms with van der Waals surface area (Å²) >= 11 is 1.01. The third-order valence-corrected chi connectivity index (χ3v) is 2.59. The molecule has 72 valence electrons. The first-order valence-corrected chi connectivity index (χ1v) is 5.07. The molecule has 4 nitrogen and oxygen atoms in total. The molecule has 1 heterocycles. The second kappa shape index (κ2) is 3.71. The molecule has 0 atom stereocenters. The number of nitrogens with zero attached hydrogens (tertiary/aromatic N) is 1. The number of nitrogens with one attached hydrogen (secondary N) is 1. The van der Waals surface area contributed by atoms with Crippen molar-refractivity contribution in [2.24, 2.45) is 0 Å². The van der Waals surface area contributed by atoms with E-state index in [1.807, 2.05) is 18.2 Å². The second-order valence-electron chi connectivity index (χ2n) is 2.76. The third kappa shape index (κ3) is 1.72. The molecule has 0 saturated carbocycles. The van der Waals surface area contributed by atoms with Gasteiger partial charge in [-0.2, -0.15) is 5.01 Å². The largest absolute Gasteiger partial charge is 0.307 e. The molecule has 0 bridgehead atoms. The van der Waals surface area contributed by atoms with Crippen LogP contribution in [-0.4, -0.2) is 21.9 Å². The lowest BCUT2D eigenvalue weighted by Crippen LogP contribution is -2.34. The zero-order valence-corrected chi connectivity index (χ0v) is 8.08. The average Bonchev–Trinajstić information content (AvgIpc) is 2.51. The molecule has 0 unspecified atom stereocenters. The number of benzene rings is 1. The minimum Gasteiger partial charge on any atom is -0.288 e. The van der Waals surface area contributed by atoms with Crippen LogP contribution in [0.1, 0.15) is 0 Å². The first kappa shape index (κ1) is 9.08. The van der Waals surface area contributed by atoms with Crippen LogP contribution in [0.2, 0.25) is 0 Å². The highest BCUT2D eigenvalue weighted by Crippen LogP contribution is 2.19. The smallest absolute Gasteiger partial charge is 0.288 e. The van der Waals surface area contributed by atoms with Crippen LogP contribution in [0.15, 0.2) is 30.3 Å². The Kier molecular flexibility index (Phi) is 2.41. The maximum Gasteiger partial charge on any atom is 0.307 e. The summed E-state index contributed by atoms with van der Waals surface area (Å²) in [6.07, 6.45) is 0. The maximum absolute atomic E-state index is 11.2. The summed E-state index contributed by atoms with van der Waals surface area (Å²) in [7, 11) is 0. The van der Waals surface area contributed by atoms with Gasteiger partial charge in [-0.05, 0) is 12.1 Å². The Morgan fingerprint density at radius 3 is 2.50 bits per heavy atom. The Bertz CT molecular complexity index is 350. The Morgan fingerprint density at radius 2 is 1.93 bits per heavy atom. The number of amides is 2. The van der Waals surface area contributed by atoms with Gasteiger partial charge in [0.1, 0.15) is 0 Å². The summed E-state index contributed by atoms with van der Waals surface area (Å²) in [5.74, 6) is 0.0161. The number of carbonyl (C=O) groups excluding carboxylic acids is 2. The standard InChI is InChI=1S/C9H8N2O2S/c12-8-6-14-9(13)11(8)10-7-4-2-1-3-5-7/h1-5,10H,6H2. The van der Waals surface area contributed by atoms with E-state index in [0.717, 1.165) is 22.5 Å². The van der Waals surface area contributed by atoms with Crippen LogP contribution in [0.3, 0.4) is 0 Å². The number of imide groups is 1. The molecular weight excluding hydrogens is 200 g/mol. The summed E-state index contributed by atoms with van der Waals surface area (Å²) in [5, 5.41) is 0.791. The molecule has 0 radical (unpaired) electrons. The van der Waals surface area contributed by atoms with Gasteiger partial charge in [0, 0.05) is 0 Å². The number of thioether (sulfide) groups is 1. The number of anilines is 1. The number of rotatable bonds is 2. The van der Waals surface area contributed by atoms with Crippen LogP contribution in [0.4, 0.5) is 10.5 Å². The van der Waals surface area contributed by atoms with Gasteiger partial charge in [0.05, 0.1) is 11.4 Å². The second-order valence-corrected chi connectivity index (χ2v) is 3.69. The molecule has 0 spiro atoms. The van der Waals surface area contributed by atoms with Crippen molar-refractivity contribution in [3.05, 3.63) is 30.3 Å². The van der Waals surface area contributed by atoms with Gasteiger partial charge in [-0.3, -0.25) is 15.0 Å². The molecule has 2 rings (SSSR count). The predicted molar refractivity (Wildman–Crippen MR) is 54.8 cm³/mol. The van der Waals surface area contributed by atoms with Gasteiger partial charge in [0.2, 0.25) is 0 Å². The first-order chi connectivity index (χ1) is 6.77. The fourth-order valence-corrected chi connectivity index (χ4v) is 1.76. The lowest BCUT2D eigenvalue weighted by molar-refractivity contribution is -0.123. The van der Waals surface area contributed by atoms with E-state index in [1.165, 1.54) is 0 Å². The van der Waals surface area contributed by atoms with Crippen molar-refractivity contribution in [1.82, 2.24) is 5.01 Å². The Morgan fingerprint density at radius 1 is 1.21 bits per heavy atom. The topological polar surface area (TPSA) is 49.4 Å². The van der Waals surface area contributed by atoms with E-state index < -0.39 is 0 Å². The SMILES string of the molecule is O=C1CSC(=O)N1Nc1ccccc1. The third-order valence-electron chi connectivity index (χ3n) is 1.77. The van der Waals surface area contributed by atoms with Crippen LogP contribution in [0.25, 0.3) is 0 Å². The summed E-state index contributed by atoms with van der Waals surface area (Å²) < 4.78 is 0. The lowest BCUT2D eigenvalue weighted by Gasteiger charge is -2.14. The van der Waals surface area contributed by atoms with Gasteiger partial charge in [0.25, 0.3) is 5.91 Å². The van der Waals surface area contributed by atoms with Crippen LogP contribution in [0, 0.1) is 0 Å². The minimum absolute atomic E-state index is 0.205. The van der Waals surface area contributed by atoms with Gasteiger partial charge in [-0.25, -0.2) is 0 Å². The van der Waals surface area contributed by atoms with Crippen molar-refractivity contribution in [2.45, 2.75) is 0 Å². The fraction of sp³-hybridized carbons (Fsp3) is 0.111. The maximum atomic E-state index is 11.2. The van der Waals surface area contributed by atoms with Crippen molar-refractivity contribution in [1.29, 1.82) is 0 Å². The Balaban J connectivity index is 2.11. The fourth-order valence-electron chi connectivity index (χ4n) is 1.10. The molecule has 14 heavy (non-hydrogen) atoms. The minimum atomic E-state index is -0.251. The van der Waals surface area contributed by atoms with Crippen LogP contribution in [-0.2, 0) is 4.79 Å². The Labute approximate surface area is 85.2 Å². The molecule has 1 saturated heterocycles. The highest BCUT2D eigenvalue weighted by molar-refractivity contribution is 8.14. The van der Waals surface area contributed by atoms with E-state index in [2.05, 4.69) is 5.43 Å². The number of para-hydroxylation sites is 1. The molecule has 1 aromatic rings. The van der Waals surface area contributed by atoms with Gasteiger partial charge >= 0.3 is 5.24 Å². The monoisotopic (exact) mass is 208 g/mol. The van der Waals surface area contributed by atoms with E-state index >= 15 is 0 Å². The van der Waals surface area contributed by atoms with Crippen LogP contribution in [0.5, 0.6) is 0 Å². The van der Waals surface area contributed by atoms with E-state index in [9.17, 15) is 9.59 Å². The molecule has 1 aromatic carbocycles.